The maximum absolute atomic E-state index is 12.2. The number of anilines is 1. The molecule has 1 aliphatic heterocycles. The molecule has 0 aliphatic carbocycles. The van der Waals surface area contributed by atoms with E-state index >= 15 is 0 Å². The second kappa shape index (κ2) is 6.21. The number of amides is 1. The number of nitrogens with one attached hydrogen (secondary N) is 2. The van der Waals surface area contributed by atoms with E-state index in [-0.39, 0.29) is 23.9 Å². The van der Waals surface area contributed by atoms with E-state index < -0.39 is 5.54 Å². The Morgan fingerprint density at radius 3 is 2.74 bits per heavy atom. The summed E-state index contributed by atoms with van der Waals surface area (Å²) in [5.74, 6) is -0.0409. The first-order valence-corrected chi connectivity index (χ1v) is 6.24. The molecule has 0 spiro atoms. The van der Waals surface area contributed by atoms with E-state index in [1.807, 2.05) is 6.92 Å². The summed E-state index contributed by atoms with van der Waals surface area (Å²) in [4.78, 5) is 23.5. The van der Waals surface area contributed by atoms with Gasteiger partial charge in [-0.25, -0.2) is 0 Å². The van der Waals surface area contributed by atoms with Crippen molar-refractivity contribution >= 4 is 24.0 Å². The van der Waals surface area contributed by atoms with Crippen molar-refractivity contribution in [1.82, 2.24) is 9.88 Å². The van der Waals surface area contributed by atoms with Crippen molar-refractivity contribution in [1.29, 1.82) is 0 Å². The van der Waals surface area contributed by atoms with Gasteiger partial charge in [-0.2, -0.15) is 0 Å². The monoisotopic (exact) mass is 285 g/mol. The summed E-state index contributed by atoms with van der Waals surface area (Å²) in [6, 6.07) is 3.08. The number of pyridine rings is 1. The van der Waals surface area contributed by atoms with E-state index in [0.29, 0.717) is 5.69 Å². The Kier molecular flexibility index (Phi) is 5.14. The second-order valence-corrected chi connectivity index (χ2v) is 5.04. The first-order valence-electron chi connectivity index (χ1n) is 6.24. The van der Waals surface area contributed by atoms with Gasteiger partial charge in [0.25, 0.3) is 0 Å². The van der Waals surface area contributed by atoms with Gasteiger partial charge in [0.15, 0.2) is 0 Å². The average molecular weight is 286 g/mol. The molecule has 0 saturated carbocycles. The fraction of sp³-hybridized carbons (Fsp3) is 0.538. The molecule has 2 N–H and O–H groups in total. The molecule has 0 aromatic carbocycles. The number of aryl methyl sites for hydroxylation is 1. The van der Waals surface area contributed by atoms with Gasteiger partial charge in [0, 0.05) is 19.3 Å². The molecular weight excluding hydrogens is 266 g/mol. The molecule has 2 heterocycles. The highest BCUT2D eigenvalue weighted by molar-refractivity contribution is 5.97. The highest BCUT2D eigenvalue weighted by Gasteiger charge is 2.34. The molecule has 19 heavy (non-hydrogen) atoms. The summed E-state index contributed by atoms with van der Waals surface area (Å²) >= 11 is 0. The largest absolute Gasteiger partial charge is 0.323 e. The molecule has 1 unspecified atom stereocenters. The van der Waals surface area contributed by atoms with Crippen molar-refractivity contribution in [3.8, 4) is 0 Å². The number of piperidine rings is 1. The highest BCUT2D eigenvalue weighted by atomic mass is 35.5. The van der Waals surface area contributed by atoms with Gasteiger partial charge in [-0.05, 0) is 38.8 Å². The third-order valence-electron chi connectivity index (χ3n) is 3.46. The van der Waals surface area contributed by atoms with Crippen molar-refractivity contribution in [2.45, 2.75) is 31.7 Å². The van der Waals surface area contributed by atoms with Gasteiger partial charge in [-0.15, -0.1) is 12.4 Å². The number of carbonyl (C=O) groups is 1. The molecule has 1 aromatic heterocycles. The molecule has 1 aliphatic rings. The number of hydrogen-bond acceptors (Lipinski definition) is 3. The van der Waals surface area contributed by atoms with Gasteiger partial charge in [-0.3, -0.25) is 9.59 Å². The molecule has 6 heteroatoms. The first-order chi connectivity index (χ1) is 8.51. The molecule has 1 fully saturated rings. The topological polar surface area (TPSA) is 63.1 Å². The summed E-state index contributed by atoms with van der Waals surface area (Å²) in [6.45, 7) is 2.79. The number of aromatic nitrogens is 1. The van der Waals surface area contributed by atoms with Crippen LogP contribution in [0.3, 0.4) is 0 Å². The van der Waals surface area contributed by atoms with Crippen molar-refractivity contribution in [2.75, 3.05) is 11.9 Å². The van der Waals surface area contributed by atoms with Crippen LogP contribution in [0.4, 0.5) is 5.69 Å². The minimum atomic E-state index is -0.507. The van der Waals surface area contributed by atoms with E-state index in [9.17, 15) is 9.59 Å². The zero-order valence-corrected chi connectivity index (χ0v) is 12.0. The van der Waals surface area contributed by atoms with E-state index in [1.165, 1.54) is 10.6 Å². The van der Waals surface area contributed by atoms with Crippen molar-refractivity contribution in [3.63, 3.8) is 0 Å². The Hall–Kier alpha value is -1.33. The lowest BCUT2D eigenvalue weighted by atomic mass is 9.90. The molecule has 1 atom stereocenters. The fourth-order valence-electron chi connectivity index (χ4n) is 2.19. The molecule has 0 bridgehead atoms. The number of carbonyl (C=O) groups excluding carboxylic acids is 1. The van der Waals surface area contributed by atoms with Gasteiger partial charge < -0.3 is 15.2 Å². The SMILES string of the molecule is Cl.Cn1cc(NC(=O)C2(C)CCCCN2)ccc1=O. The second-order valence-electron chi connectivity index (χ2n) is 5.04. The lowest BCUT2D eigenvalue weighted by molar-refractivity contribution is -0.122. The Morgan fingerprint density at radius 1 is 1.42 bits per heavy atom. The number of halogens is 1. The van der Waals surface area contributed by atoms with Crippen LogP contribution in [0.1, 0.15) is 26.2 Å². The van der Waals surface area contributed by atoms with Crippen LogP contribution in [0.15, 0.2) is 23.1 Å². The predicted octanol–water partition coefficient (Wildman–Crippen LogP) is 1.28. The molecule has 1 aromatic rings. The Bertz CT molecular complexity index is 507. The van der Waals surface area contributed by atoms with Crippen molar-refractivity contribution < 1.29 is 4.79 Å². The van der Waals surface area contributed by atoms with Crippen LogP contribution in [0.2, 0.25) is 0 Å². The zero-order valence-electron chi connectivity index (χ0n) is 11.2. The minimum absolute atomic E-state index is 0. The molecule has 5 nitrogen and oxygen atoms in total. The van der Waals surface area contributed by atoms with E-state index in [1.54, 1.807) is 19.3 Å². The van der Waals surface area contributed by atoms with Crippen LogP contribution in [0.5, 0.6) is 0 Å². The van der Waals surface area contributed by atoms with E-state index in [0.717, 1.165) is 25.8 Å². The normalized spacial score (nSPS) is 22.4. The predicted molar refractivity (Wildman–Crippen MR) is 77.8 cm³/mol. The van der Waals surface area contributed by atoms with Gasteiger partial charge in [0.2, 0.25) is 11.5 Å². The Labute approximate surface area is 118 Å². The third-order valence-corrected chi connectivity index (χ3v) is 3.46. The number of rotatable bonds is 2. The fourth-order valence-corrected chi connectivity index (χ4v) is 2.19. The van der Waals surface area contributed by atoms with Crippen molar-refractivity contribution in [2.24, 2.45) is 7.05 Å². The van der Waals surface area contributed by atoms with Gasteiger partial charge >= 0.3 is 0 Å². The lowest BCUT2D eigenvalue weighted by Crippen LogP contribution is -2.54. The van der Waals surface area contributed by atoms with Crippen LogP contribution in [0, 0.1) is 0 Å². The lowest BCUT2D eigenvalue weighted by Gasteiger charge is -2.33. The molecular formula is C13H20ClN3O2. The molecule has 1 amide bonds. The Morgan fingerprint density at radius 2 is 2.16 bits per heavy atom. The smallest absolute Gasteiger partial charge is 0.250 e. The van der Waals surface area contributed by atoms with Crippen LogP contribution in [0.25, 0.3) is 0 Å². The zero-order chi connectivity index (χ0) is 13.2. The molecule has 1 saturated heterocycles. The van der Waals surface area contributed by atoms with Crippen LogP contribution in [-0.4, -0.2) is 22.6 Å². The average Bonchev–Trinajstić information content (AvgIpc) is 2.35. The van der Waals surface area contributed by atoms with Crippen LogP contribution < -0.4 is 16.2 Å². The number of hydrogen-bond donors (Lipinski definition) is 2. The summed E-state index contributed by atoms with van der Waals surface area (Å²) in [5.41, 5.74) is 0.0538. The first kappa shape index (κ1) is 15.7. The van der Waals surface area contributed by atoms with E-state index in [4.69, 9.17) is 0 Å². The number of nitrogens with zero attached hydrogens (tertiary/aromatic N) is 1. The molecule has 0 radical (unpaired) electrons. The minimum Gasteiger partial charge on any atom is -0.323 e. The Balaban J connectivity index is 0.00000180. The summed E-state index contributed by atoms with van der Waals surface area (Å²) in [5, 5.41) is 6.12. The van der Waals surface area contributed by atoms with Crippen LogP contribution >= 0.6 is 12.4 Å². The highest BCUT2D eigenvalue weighted by Crippen LogP contribution is 2.20. The third kappa shape index (κ3) is 3.58. The van der Waals surface area contributed by atoms with Gasteiger partial charge in [0.1, 0.15) is 0 Å². The van der Waals surface area contributed by atoms with Crippen LogP contribution in [-0.2, 0) is 11.8 Å². The van der Waals surface area contributed by atoms with E-state index in [2.05, 4.69) is 10.6 Å². The van der Waals surface area contributed by atoms with Crippen molar-refractivity contribution in [3.05, 3.63) is 28.7 Å². The maximum Gasteiger partial charge on any atom is 0.250 e. The molecule has 106 valence electrons. The standard InChI is InChI=1S/C13H19N3O2.ClH/c1-13(7-3-4-8-14-13)12(18)15-10-5-6-11(17)16(2)9-10;/h5-6,9,14H,3-4,7-8H2,1-2H3,(H,15,18);1H. The quantitative estimate of drug-likeness (QED) is 0.860. The van der Waals surface area contributed by atoms with Gasteiger partial charge in [0.05, 0.1) is 11.2 Å². The summed E-state index contributed by atoms with van der Waals surface area (Å²) in [7, 11) is 1.67. The maximum atomic E-state index is 12.2. The summed E-state index contributed by atoms with van der Waals surface area (Å²) < 4.78 is 1.45. The summed E-state index contributed by atoms with van der Waals surface area (Å²) in [6.07, 6.45) is 4.64. The van der Waals surface area contributed by atoms with Gasteiger partial charge in [-0.1, -0.05) is 0 Å². The molecule has 2 rings (SSSR count).